The number of carbonyl (C=O) groups excluding carboxylic acids is 2. The summed E-state index contributed by atoms with van der Waals surface area (Å²) in [6.45, 7) is 2.10. The third-order valence-corrected chi connectivity index (χ3v) is 3.53. The summed E-state index contributed by atoms with van der Waals surface area (Å²) in [5, 5.41) is 8.56. The van der Waals surface area contributed by atoms with Crippen LogP contribution in [-0.2, 0) is 14.3 Å². The van der Waals surface area contributed by atoms with Gasteiger partial charge < -0.3 is 20.7 Å². The number of carbonyl (C=O) groups is 2. The topological polar surface area (TPSA) is 79.5 Å². The van der Waals surface area contributed by atoms with Gasteiger partial charge in [0.25, 0.3) is 0 Å². The van der Waals surface area contributed by atoms with Crippen LogP contribution in [0.25, 0.3) is 0 Å². The fraction of sp³-hybridized carbons (Fsp3) is 0.429. The van der Waals surface area contributed by atoms with Gasteiger partial charge in [-0.1, -0.05) is 15.9 Å². The van der Waals surface area contributed by atoms with E-state index in [1.807, 2.05) is 24.3 Å². The number of benzene rings is 1. The van der Waals surface area contributed by atoms with Gasteiger partial charge in [0.2, 0.25) is 11.8 Å². The molecule has 122 valence electrons. The summed E-state index contributed by atoms with van der Waals surface area (Å²) >= 11 is 3.33. The van der Waals surface area contributed by atoms with E-state index in [1.165, 1.54) is 0 Å². The molecule has 22 heavy (non-hydrogen) atoms. The summed E-state index contributed by atoms with van der Waals surface area (Å²) in [6, 6.07) is 7.32. The second-order valence-electron chi connectivity index (χ2n) is 4.66. The molecule has 0 saturated carbocycles. The number of rotatable bonds is 5. The molecule has 1 saturated heterocycles. The lowest BCUT2D eigenvalue weighted by atomic mass is 10.2. The molecule has 0 aliphatic carbocycles. The van der Waals surface area contributed by atoms with E-state index in [1.54, 1.807) is 0 Å². The molecule has 1 aromatic rings. The van der Waals surface area contributed by atoms with Crippen molar-refractivity contribution in [2.24, 2.45) is 0 Å². The third kappa shape index (κ3) is 6.31. The number of anilines is 1. The molecule has 0 bridgehead atoms. The number of halogens is 2. The molecule has 1 aromatic carbocycles. The van der Waals surface area contributed by atoms with Gasteiger partial charge in [-0.2, -0.15) is 0 Å². The van der Waals surface area contributed by atoms with Crippen LogP contribution in [-0.4, -0.2) is 44.2 Å². The van der Waals surface area contributed by atoms with E-state index in [-0.39, 0.29) is 30.6 Å². The van der Waals surface area contributed by atoms with E-state index < -0.39 is 6.10 Å². The number of nitrogens with one attached hydrogen (secondary N) is 3. The molecular weight excluding hydrogens is 374 g/mol. The van der Waals surface area contributed by atoms with Crippen LogP contribution in [0.5, 0.6) is 0 Å². The molecule has 1 heterocycles. The molecule has 1 fully saturated rings. The Morgan fingerprint density at radius 3 is 2.68 bits per heavy atom. The van der Waals surface area contributed by atoms with Crippen LogP contribution in [0.2, 0.25) is 0 Å². The highest BCUT2D eigenvalue weighted by Crippen LogP contribution is 2.14. The first-order valence-electron chi connectivity index (χ1n) is 6.80. The zero-order chi connectivity index (χ0) is 15.1. The lowest BCUT2D eigenvalue weighted by molar-refractivity contribution is -0.134. The Morgan fingerprint density at radius 2 is 2.05 bits per heavy atom. The highest BCUT2D eigenvalue weighted by molar-refractivity contribution is 9.10. The molecule has 8 heteroatoms. The van der Waals surface area contributed by atoms with Crippen molar-refractivity contribution in [1.82, 2.24) is 10.6 Å². The summed E-state index contributed by atoms with van der Waals surface area (Å²) in [5.41, 5.74) is 0.731. The number of ether oxygens (including phenoxy) is 1. The Kier molecular flexibility index (Phi) is 8.40. The normalized spacial score (nSPS) is 17.2. The van der Waals surface area contributed by atoms with Crippen LogP contribution in [0.3, 0.4) is 0 Å². The van der Waals surface area contributed by atoms with E-state index in [0.717, 1.165) is 16.7 Å². The first-order valence-corrected chi connectivity index (χ1v) is 7.60. The largest absolute Gasteiger partial charge is 0.366 e. The Morgan fingerprint density at radius 1 is 1.32 bits per heavy atom. The second kappa shape index (κ2) is 9.78. The Labute approximate surface area is 143 Å². The van der Waals surface area contributed by atoms with Crippen molar-refractivity contribution in [3.05, 3.63) is 28.7 Å². The molecule has 1 aliphatic heterocycles. The molecule has 0 aromatic heterocycles. The van der Waals surface area contributed by atoms with Crippen molar-refractivity contribution in [1.29, 1.82) is 0 Å². The standard InChI is InChI=1S/C14H18BrN3O3.ClH/c15-10-1-3-11(4-2-10)18-13(19)5-6-17-14(20)12-9-16-7-8-21-12;/h1-4,12,16H,5-9H2,(H,17,20)(H,18,19);1H. The first-order chi connectivity index (χ1) is 10.1. The first kappa shape index (κ1) is 18.9. The van der Waals surface area contributed by atoms with Gasteiger partial charge in [-0.15, -0.1) is 12.4 Å². The maximum Gasteiger partial charge on any atom is 0.250 e. The maximum absolute atomic E-state index is 11.8. The third-order valence-electron chi connectivity index (χ3n) is 3.00. The van der Waals surface area contributed by atoms with Gasteiger partial charge in [0.15, 0.2) is 0 Å². The molecule has 1 aliphatic rings. The molecule has 2 rings (SSSR count). The summed E-state index contributed by atoms with van der Waals surface area (Å²) in [7, 11) is 0. The predicted octanol–water partition coefficient (Wildman–Crippen LogP) is 1.30. The molecule has 2 amide bonds. The second-order valence-corrected chi connectivity index (χ2v) is 5.58. The summed E-state index contributed by atoms with van der Waals surface area (Å²) in [5.74, 6) is -0.320. The van der Waals surface area contributed by atoms with Crippen molar-refractivity contribution in [3.8, 4) is 0 Å². The summed E-state index contributed by atoms with van der Waals surface area (Å²) < 4.78 is 6.28. The van der Waals surface area contributed by atoms with Gasteiger partial charge in [0.05, 0.1) is 6.61 Å². The quantitative estimate of drug-likeness (QED) is 0.706. The monoisotopic (exact) mass is 391 g/mol. The Hall–Kier alpha value is -1.15. The van der Waals surface area contributed by atoms with Crippen LogP contribution in [0.15, 0.2) is 28.7 Å². The van der Waals surface area contributed by atoms with Crippen LogP contribution in [0, 0.1) is 0 Å². The zero-order valence-electron chi connectivity index (χ0n) is 11.9. The Balaban J connectivity index is 0.00000242. The van der Waals surface area contributed by atoms with Gasteiger partial charge in [0, 0.05) is 36.2 Å². The van der Waals surface area contributed by atoms with E-state index in [9.17, 15) is 9.59 Å². The molecule has 1 atom stereocenters. The van der Waals surface area contributed by atoms with Crippen molar-refractivity contribution >= 4 is 45.8 Å². The van der Waals surface area contributed by atoms with Crippen molar-refractivity contribution in [2.45, 2.75) is 12.5 Å². The molecule has 0 spiro atoms. The average molecular weight is 393 g/mol. The lowest BCUT2D eigenvalue weighted by Crippen LogP contribution is -2.48. The van der Waals surface area contributed by atoms with Gasteiger partial charge in [0.1, 0.15) is 6.10 Å². The fourth-order valence-electron chi connectivity index (χ4n) is 1.90. The summed E-state index contributed by atoms with van der Waals surface area (Å²) in [4.78, 5) is 23.5. The minimum absolute atomic E-state index is 0. The van der Waals surface area contributed by atoms with Crippen LogP contribution in [0.4, 0.5) is 5.69 Å². The van der Waals surface area contributed by atoms with E-state index in [0.29, 0.717) is 19.7 Å². The molecule has 6 nitrogen and oxygen atoms in total. The average Bonchev–Trinajstić information content (AvgIpc) is 2.50. The van der Waals surface area contributed by atoms with Crippen LogP contribution >= 0.6 is 28.3 Å². The van der Waals surface area contributed by atoms with Gasteiger partial charge in [-0.05, 0) is 24.3 Å². The van der Waals surface area contributed by atoms with Crippen molar-refractivity contribution in [3.63, 3.8) is 0 Å². The summed E-state index contributed by atoms with van der Waals surface area (Å²) in [6.07, 6.45) is -0.240. The number of amides is 2. The number of hydrogen-bond donors (Lipinski definition) is 3. The molecular formula is C14H19BrClN3O3. The highest BCUT2D eigenvalue weighted by Gasteiger charge is 2.21. The smallest absolute Gasteiger partial charge is 0.250 e. The SMILES string of the molecule is Cl.O=C(CCNC(=O)C1CNCCO1)Nc1ccc(Br)cc1. The van der Waals surface area contributed by atoms with E-state index >= 15 is 0 Å². The zero-order valence-corrected chi connectivity index (χ0v) is 14.3. The van der Waals surface area contributed by atoms with Crippen LogP contribution < -0.4 is 16.0 Å². The van der Waals surface area contributed by atoms with Crippen molar-refractivity contribution in [2.75, 3.05) is 31.6 Å². The van der Waals surface area contributed by atoms with Gasteiger partial charge in [-0.25, -0.2) is 0 Å². The molecule has 1 unspecified atom stereocenters. The minimum Gasteiger partial charge on any atom is -0.366 e. The minimum atomic E-state index is -0.465. The highest BCUT2D eigenvalue weighted by atomic mass is 79.9. The van der Waals surface area contributed by atoms with Crippen molar-refractivity contribution < 1.29 is 14.3 Å². The van der Waals surface area contributed by atoms with Gasteiger partial charge in [-0.3, -0.25) is 9.59 Å². The van der Waals surface area contributed by atoms with E-state index in [4.69, 9.17) is 4.74 Å². The van der Waals surface area contributed by atoms with E-state index in [2.05, 4.69) is 31.9 Å². The van der Waals surface area contributed by atoms with Crippen LogP contribution in [0.1, 0.15) is 6.42 Å². The number of hydrogen-bond acceptors (Lipinski definition) is 4. The number of morpholine rings is 1. The molecule has 3 N–H and O–H groups in total. The molecule has 0 radical (unpaired) electrons. The Bertz CT molecular complexity index is 493. The maximum atomic E-state index is 11.8. The van der Waals surface area contributed by atoms with Gasteiger partial charge >= 0.3 is 0 Å². The predicted molar refractivity (Wildman–Crippen MR) is 90.3 cm³/mol. The lowest BCUT2D eigenvalue weighted by Gasteiger charge is -2.22. The fourth-order valence-corrected chi connectivity index (χ4v) is 2.17.